The summed E-state index contributed by atoms with van der Waals surface area (Å²) in [5.41, 5.74) is 0.528. The van der Waals surface area contributed by atoms with E-state index in [4.69, 9.17) is 11.6 Å². The lowest BCUT2D eigenvalue weighted by Gasteiger charge is -2.23. The van der Waals surface area contributed by atoms with E-state index in [0.29, 0.717) is 10.6 Å². The molecule has 0 aliphatic heterocycles. The van der Waals surface area contributed by atoms with Crippen LogP contribution < -0.4 is 0 Å². The highest BCUT2D eigenvalue weighted by atomic mass is 79.9. The fraction of sp³-hybridized carbons (Fsp3) is 0.364. The second kappa shape index (κ2) is 6.03. The van der Waals surface area contributed by atoms with Crippen molar-refractivity contribution in [1.29, 1.82) is 0 Å². The summed E-state index contributed by atoms with van der Waals surface area (Å²) < 4.78 is 0.866. The van der Waals surface area contributed by atoms with Crippen LogP contribution in [-0.2, 0) is 0 Å². The van der Waals surface area contributed by atoms with Crippen LogP contribution in [0.25, 0.3) is 0 Å². The molecule has 1 rings (SSSR count). The number of rotatable bonds is 3. The highest BCUT2D eigenvalue weighted by molar-refractivity contribution is 9.10. The van der Waals surface area contributed by atoms with E-state index in [1.165, 1.54) is 0 Å². The zero-order chi connectivity index (χ0) is 12.3. The molecule has 16 heavy (non-hydrogen) atoms. The van der Waals surface area contributed by atoms with Crippen LogP contribution in [0.4, 0.5) is 0 Å². The van der Waals surface area contributed by atoms with Crippen molar-refractivity contribution in [2.24, 2.45) is 0 Å². The fourth-order valence-electron chi connectivity index (χ4n) is 1.16. The highest BCUT2D eigenvalue weighted by Gasteiger charge is 2.18. The predicted octanol–water partition coefficient (Wildman–Crippen LogP) is 3.96. The molecule has 88 valence electrons. The van der Waals surface area contributed by atoms with Gasteiger partial charge in [0.25, 0.3) is 5.91 Å². The van der Waals surface area contributed by atoms with Gasteiger partial charge in [-0.2, -0.15) is 0 Å². The van der Waals surface area contributed by atoms with Crippen LogP contribution in [0, 0.1) is 0 Å². The maximum absolute atomic E-state index is 12.1. The molecule has 1 aromatic carbocycles. The maximum atomic E-state index is 12.1. The Kier molecular flexibility index (Phi) is 5.28. The summed E-state index contributed by atoms with van der Waals surface area (Å²) in [5, 5.41) is 1.21. The Morgan fingerprint density at radius 3 is 2.69 bits per heavy atom. The van der Waals surface area contributed by atoms with Gasteiger partial charge in [0.05, 0.1) is 10.6 Å². The molecule has 0 bridgehead atoms. The molecular formula is C11H12Br2ClNO. The number of nitrogens with zero attached hydrogens (tertiary/aromatic N) is 1. The molecular weight excluding hydrogens is 357 g/mol. The minimum absolute atomic E-state index is 0.0653. The molecule has 1 aromatic rings. The van der Waals surface area contributed by atoms with Crippen LogP contribution in [0.15, 0.2) is 22.7 Å². The van der Waals surface area contributed by atoms with Crippen molar-refractivity contribution in [3.8, 4) is 0 Å². The van der Waals surface area contributed by atoms with Crippen LogP contribution in [0.3, 0.4) is 0 Å². The number of carbonyl (C=O) groups is 1. The molecule has 0 aliphatic rings. The van der Waals surface area contributed by atoms with Gasteiger partial charge in [0, 0.05) is 22.9 Å². The number of halogens is 3. The molecule has 0 aliphatic carbocycles. The molecule has 1 unspecified atom stereocenters. The molecule has 5 heteroatoms. The largest absolute Gasteiger partial charge is 0.338 e. The first-order valence-electron chi connectivity index (χ1n) is 4.75. The molecule has 0 saturated heterocycles. The van der Waals surface area contributed by atoms with Crippen molar-refractivity contribution in [1.82, 2.24) is 4.90 Å². The Balaban J connectivity index is 2.96. The van der Waals surface area contributed by atoms with E-state index in [0.717, 1.165) is 9.80 Å². The highest BCUT2D eigenvalue weighted by Crippen LogP contribution is 2.23. The quantitative estimate of drug-likeness (QED) is 0.739. The van der Waals surface area contributed by atoms with Gasteiger partial charge >= 0.3 is 0 Å². The van der Waals surface area contributed by atoms with Gasteiger partial charge in [-0.3, -0.25) is 4.79 Å². The number of amides is 1. The van der Waals surface area contributed by atoms with Gasteiger partial charge in [0.15, 0.2) is 0 Å². The molecule has 0 heterocycles. The van der Waals surface area contributed by atoms with Gasteiger partial charge in [-0.25, -0.2) is 0 Å². The van der Waals surface area contributed by atoms with E-state index in [-0.39, 0.29) is 11.9 Å². The van der Waals surface area contributed by atoms with Crippen molar-refractivity contribution in [2.45, 2.75) is 13.0 Å². The molecule has 0 aromatic heterocycles. The number of hydrogen-bond donors (Lipinski definition) is 0. The van der Waals surface area contributed by atoms with E-state index in [1.807, 2.05) is 13.0 Å². The zero-order valence-electron chi connectivity index (χ0n) is 9.01. The van der Waals surface area contributed by atoms with E-state index in [2.05, 4.69) is 31.9 Å². The Morgan fingerprint density at radius 1 is 1.56 bits per heavy atom. The Hall–Kier alpha value is -0.0600. The van der Waals surface area contributed by atoms with E-state index in [9.17, 15) is 4.79 Å². The summed E-state index contributed by atoms with van der Waals surface area (Å²) in [6.45, 7) is 1.97. The molecule has 0 N–H and O–H groups in total. The fourth-order valence-corrected chi connectivity index (χ4v) is 2.35. The molecule has 0 radical (unpaired) electrons. The van der Waals surface area contributed by atoms with Crippen molar-refractivity contribution in [2.75, 3.05) is 12.4 Å². The summed E-state index contributed by atoms with van der Waals surface area (Å²) in [4.78, 5) is 13.8. The SMILES string of the molecule is CC(CBr)N(C)C(=O)c1ccc(Br)cc1Cl. The summed E-state index contributed by atoms with van der Waals surface area (Å²) in [6, 6.07) is 5.39. The van der Waals surface area contributed by atoms with Gasteiger partial charge in [0.1, 0.15) is 0 Å². The first kappa shape index (κ1) is 14.0. The minimum Gasteiger partial charge on any atom is -0.338 e. The lowest BCUT2D eigenvalue weighted by atomic mass is 10.2. The van der Waals surface area contributed by atoms with Gasteiger partial charge < -0.3 is 4.90 Å². The van der Waals surface area contributed by atoms with Crippen molar-refractivity contribution < 1.29 is 4.79 Å². The Labute approximate surface area is 117 Å². The van der Waals surface area contributed by atoms with Gasteiger partial charge in [0.2, 0.25) is 0 Å². The average molecular weight is 369 g/mol. The Bertz CT molecular complexity index is 398. The average Bonchev–Trinajstić information content (AvgIpc) is 2.26. The molecule has 1 atom stereocenters. The topological polar surface area (TPSA) is 20.3 Å². The van der Waals surface area contributed by atoms with Crippen LogP contribution in [0.1, 0.15) is 17.3 Å². The third-order valence-electron chi connectivity index (χ3n) is 2.37. The molecule has 0 fully saturated rings. The summed E-state index contributed by atoms with van der Waals surface area (Å²) in [6.07, 6.45) is 0. The minimum atomic E-state index is -0.0653. The van der Waals surface area contributed by atoms with Crippen LogP contribution >= 0.6 is 43.5 Å². The maximum Gasteiger partial charge on any atom is 0.255 e. The van der Waals surface area contributed by atoms with E-state index in [1.54, 1.807) is 24.1 Å². The lowest BCUT2D eigenvalue weighted by Crippen LogP contribution is -2.36. The molecule has 0 saturated carbocycles. The lowest BCUT2D eigenvalue weighted by molar-refractivity contribution is 0.0758. The predicted molar refractivity (Wildman–Crippen MR) is 74.5 cm³/mol. The normalized spacial score (nSPS) is 12.3. The standard InChI is InChI=1S/C11H12Br2ClNO/c1-7(6-12)15(2)11(16)9-4-3-8(13)5-10(9)14/h3-5,7H,6H2,1-2H3. The summed E-state index contributed by atoms with van der Waals surface area (Å²) >= 11 is 12.7. The number of carbonyl (C=O) groups excluding carboxylic acids is 1. The second-order valence-electron chi connectivity index (χ2n) is 3.54. The van der Waals surface area contributed by atoms with Gasteiger partial charge in [-0.15, -0.1) is 0 Å². The van der Waals surface area contributed by atoms with Crippen LogP contribution in [0.2, 0.25) is 5.02 Å². The van der Waals surface area contributed by atoms with Crippen LogP contribution in [0.5, 0.6) is 0 Å². The smallest absolute Gasteiger partial charge is 0.255 e. The first-order valence-corrected chi connectivity index (χ1v) is 7.04. The van der Waals surface area contributed by atoms with E-state index < -0.39 is 0 Å². The zero-order valence-corrected chi connectivity index (χ0v) is 12.9. The molecule has 0 spiro atoms. The Morgan fingerprint density at radius 2 is 2.19 bits per heavy atom. The number of alkyl halides is 1. The van der Waals surface area contributed by atoms with Gasteiger partial charge in [-0.05, 0) is 25.1 Å². The summed E-state index contributed by atoms with van der Waals surface area (Å²) in [7, 11) is 1.77. The van der Waals surface area contributed by atoms with Crippen molar-refractivity contribution in [3.05, 3.63) is 33.3 Å². The number of hydrogen-bond acceptors (Lipinski definition) is 1. The van der Waals surface area contributed by atoms with Crippen molar-refractivity contribution in [3.63, 3.8) is 0 Å². The van der Waals surface area contributed by atoms with Crippen LogP contribution in [-0.4, -0.2) is 29.2 Å². The summed E-state index contributed by atoms with van der Waals surface area (Å²) in [5.74, 6) is -0.0653. The molecule has 2 nitrogen and oxygen atoms in total. The monoisotopic (exact) mass is 367 g/mol. The van der Waals surface area contributed by atoms with E-state index >= 15 is 0 Å². The molecule has 1 amide bonds. The third kappa shape index (κ3) is 3.22. The third-order valence-corrected chi connectivity index (χ3v) is 4.11. The van der Waals surface area contributed by atoms with Crippen molar-refractivity contribution >= 4 is 49.4 Å². The van der Waals surface area contributed by atoms with Gasteiger partial charge in [-0.1, -0.05) is 43.5 Å². The number of benzene rings is 1. The second-order valence-corrected chi connectivity index (χ2v) is 5.51. The first-order chi connectivity index (χ1) is 7.47.